The monoisotopic (exact) mass is 325 g/mol. The normalized spacial score (nSPS) is 15.3. The van der Waals surface area contributed by atoms with Gasteiger partial charge in [0.25, 0.3) is 0 Å². The van der Waals surface area contributed by atoms with E-state index in [9.17, 15) is 4.79 Å². The molecule has 2 aromatic rings. The summed E-state index contributed by atoms with van der Waals surface area (Å²) in [5.41, 5.74) is 2.94. The smallest absolute Gasteiger partial charge is 0.227 e. The number of nitrogens with zero attached hydrogens (tertiary/aromatic N) is 3. The lowest BCUT2D eigenvalue weighted by atomic mass is 9.93. The van der Waals surface area contributed by atoms with Crippen LogP contribution in [-0.4, -0.2) is 41.0 Å². The van der Waals surface area contributed by atoms with Crippen molar-refractivity contribution in [1.29, 1.82) is 0 Å². The Balaban J connectivity index is 1.59. The van der Waals surface area contributed by atoms with Gasteiger partial charge in [0.1, 0.15) is 5.75 Å². The fourth-order valence-corrected chi connectivity index (χ4v) is 3.23. The van der Waals surface area contributed by atoms with Crippen molar-refractivity contribution in [2.45, 2.75) is 32.1 Å². The number of aryl methyl sites for hydroxylation is 1. The van der Waals surface area contributed by atoms with E-state index in [0.29, 0.717) is 12.3 Å². The number of aromatic nitrogens is 2. The van der Waals surface area contributed by atoms with E-state index in [1.165, 1.54) is 0 Å². The van der Waals surface area contributed by atoms with Crippen LogP contribution < -0.4 is 4.74 Å². The number of ether oxygens (including phenoxy) is 1. The molecule has 1 fully saturated rings. The summed E-state index contributed by atoms with van der Waals surface area (Å²) in [5, 5.41) is 0. The number of benzene rings is 1. The van der Waals surface area contributed by atoms with Gasteiger partial charge in [-0.15, -0.1) is 0 Å². The lowest BCUT2D eigenvalue weighted by Crippen LogP contribution is -2.39. The topological polar surface area (TPSA) is 55.3 Å². The Bertz CT molecular complexity index is 709. The van der Waals surface area contributed by atoms with Crippen molar-refractivity contribution in [3.05, 3.63) is 53.6 Å². The van der Waals surface area contributed by atoms with Gasteiger partial charge in [-0.1, -0.05) is 18.2 Å². The van der Waals surface area contributed by atoms with Gasteiger partial charge in [0.05, 0.1) is 24.9 Å². The van der Waals surface area contributed by atoms with Crippen molar-refractivity contribution < 1.29 is 9.53 Å². The van der Waals surface area contributed by atoms with E-state index in [-0.39, 0.29) is 5.91 Å². The first-order valence-electron chi connectivity index (χ1n) is 8.35. The van der Waals surface area contributed by atoms with E-state index in [1.54, 1.807) is 13.3 Å². The zero-order valence-electron chi connectivity index (χ0n) is 14.2. The maximum Gasteiger partial charge on any atom is 0.227 e. The number of carbonyl (C=O) groups excluding carboxylic acids is 1. The predicted octanol–water partition coefficient (Wildman–Crippen LogP) is 2.74. The number of likely N-dealkylation sites (tertiary alicyclic amines) is 1. The number of amides is 1. The molecule has 0 atom stereocenters. The second-order valence-electron chi connectivity index (χ2n) is 6.23. The molecule has 5 nitrogen and oxygen atoms in total. The number of hydrogen-bond donors (Lipinski definition) is 0. The molecular weight excluding hydrogens is 302 g/mol. The Morgan fingerprint density at radius 1 is 1.25 bits per heavy atom. The highest BCUT2D eigenvalue weighted by Crippen LogP contribution is 2.27. The molecular formula is C19H23N3O2. The van der Waals surface area contributed by atoms with E-state index in [4.69, 9.17) is 4.74 Å². The van der Waals surface area contributed by atoms with Gasteiger partial charge < -0.3 is 9.64 Å². The maximum absolute atomic E-state index is 12.6. The molecule has 1 saturated heterocycles. The van der Waals surface area contributed by atoms with Crippen LogP contribution in [0.1, 0.15) is 35.7 Å². The predicted molar refractivity (Wildman–Crippen MR) is 92.0 cm³/mol. The molecule has 0 bridgehead atoms. The Morgan fingerprint density at radius 3 is 2.71 bits per heavy atom. The van der Waals surface area contributed by atoms with Crippen molar-refractivity contribution in [3.63, 3.8) is 0 Å². The third kappa shape index (κ3) is 3.72. The van der Waals surface area contributed by atoms with Crippen LogP contribution in [0.15, 0.2) is 36.7 Å². The first-order chi connectivity index (χ1) is 11.7. The quantitative estimate of drug-likeness (QED) is 0.867. The Kier molecular flexibility index (Phi) is 5.08. The van der Waals surface area contributed by atoms with Crippen LogP contribution >= 0.6 is 0 Å². The lowest BCUT2D eigenvalue weighted by Gasteiger charge is -2.32. The van der Waals surface area contributed by atoms with Crippen molar-refractivity contribution >= 4 is 5.91 Å². The molecule has 3 rings (SSSR count). The minimum absolute atomic E-state index is 0.160. The number of hydrogen-bond acceptors (Lipinski definition) is 4. The van der Waals surface area contributed by atoms with Crippen molar-refractivity contribution in [1.82, 2.24) is 14.9 Å². The minimum atomic E-state index is 0.160. The van der Waals surface area contributed by atoms with Gasteiger partial charge in [-0.25, -0.2) is 0 Å². The number of piperidine rings is 1. The summed E-state index contributed by atoms with van der Waals surface area (Å²) >= 11 is 0. The minimum Gasteiger partial charge on any atom is -0.496 e. The highest BCUT2D eigenvalue weighted by molar-refractivity contribution is 5.79. The van der Waals surface area contributed by atoms with Crippen LogP contribution in [0.3, 0.4) is 0 Å². The molecule has 1 aliphatic heterocycles. The summed E-state index contributed by atoms with van der Waals surface area (Å²) in [4.78, 5) is 23.3. The fraction of sp³-hybridized carbons (Fsp3) is 0.421. The summed E-state index contributed by atoms with van der Waals surface area (Å²) in [6, 6.07) is 7.70. The second-order valence-corrected chi connectivity index (χ2v) is 6.23. The zero-order chi connectivity index (χ0) is 16.9. The van der Waals surface area contributed by atoms with Gasteiger partial charge in [0.15, 0.2) is 0 Å². The number of para-hydroxylation sites is 1. The summed E-state index contributed by atoms with van der Waals surface area (Å²) in [7, 11) is 1.64. The van der Waals surface area contributed by atoms with Gasteiger partial charge in [0, 0.05) is 37.0 Å². The molecule has 1 aromatic carbocycles. The van der Waals surface area contributed by atoms with Gasteiger partial charge >= 0.3 is 0 Å². The summed E-state index contributed by atoms with van der Waals surface area (Å²) in [6.45, 7) is 3.50. The van der Waals surface area contributed by atoms with Crippen LogP contribution in [0, 0.1) is 6.92 Å². The maximum atomic E-state index is 12.6. The molecule has 0 spiro atoms. The third-order valence-corrected chi connectivity index (χ3v) is 4.57. The lowest BCUT2D eigenvalue weighted by molar-refractivity contribution is -0.131. The molecule has 0 N–H and O–H groups in total. The molecule has 0 unspecified atom stereocenters. The Labute approximate surface area is 142 Å². The van der Waals surface area contributed by atoms with Crippen LogP contribution in [0.2, 0.25) is 0 Å². The first kappa shape index (κ1) is 16.4. The molecule has 0 saturated carbocycles. The van der Waals surface area contributed by atoms with Gasteiger partial charge in [-0.3, -0.25) is 14.8 Å². The molecule has 2 heterocycles. The van der Waals surface area contributed by atoms with E-state index >= 15 is 0 Å². The Hall–Kier alpha value is -2.43. The summed E-state index contributed by atoms with van der Waals surface area (Å²) < 4.78 is 5.33. The van der Waals surface area contributed by atoms with Crippen LogP contribution in [-0.2, 0) is 11.2 Å². The van der Waals surface area contributed by atoms with Gasteiger partial charge in [-0.05, 0) is 25.8 Å². The molecule has 0 aliphatic carbocycles. The van der Waals surface area contributed by atoms with Crippen molar-refractivity contribution in [3.8, 4) is 5.75 Å². The van der Waals surface area contributed by atoms with E-state index in [2.05, 4.69) is 9.97 Å². The van der Waals surface area contributed by atoms with Gasteiger partial charge in [-0.2, -0.15) is 0 Å². The van der Waals surface area contributed by atoms with E-state index < -0.39 is 0 Å². The number of rotatable bonds is 4. The molecule has 1 amide bonds. The SMILES string of the molecule is COc1ccccc1CC(=O)N1CCC(c2cncc(C)n2)CC1. The number of methoxy groups -OCH3 is 1. The molecule has 24 heavy (non-hydrogen) atoms. The molecule has 0 radical (unpaired) electrons. The average molecular weight is 325 g/mol. The largest absolute Gasteiger partial charge is 0.496 e. The highest BCUT2D eigenvalue weighted by atomic mass is 16.5. The first-order valence-corrected chi connectivity index (χ1v) is 8.35. The molecule has 1 aliphatic rings. The molecule has 5 heteroatoms. The summed E-state index contributed by atoms with van der Waals surface area (Å²) in [5.74, 6) is 1.33. The molecule has 1 aromatic heterocycles. The van der Waals surface area contributed by atoms with Gasteiger partial charge in [0.2, 0.25) is 5.91 Å². The zero-order valence-corrected chi connectivity index (χ0v) is 14.2. The van der Waals surface area contributed by atoms with Crippen LogP contribution in [0.5, 0.6) is 5.75 Å². The Morgan fingerprint density at radius 2 is 2.00 bits per heavy atom. The van der Waals surface area contributed by atoms with Crippen LogP contribution in [0.25, 0.3) is 0 Å². The van der Waals surface area contributed by atoms with E-state index in [0.717, 1.165) is 48.6 Å². The highest BCUT2D eigenvalue weighted by Gasteiger charge is 2.25. The number of carbonyl (C=O) groups is 1. The van der Waals surface area contributed by atoms with E-state index in [1.807, 2.05) is 42.3 Å². The standard InChI is InChI=1S/C19H23N3O2/c1-14-12-20-13-17(21-14)15-7-9-22(10-8-15)19(23)11-16-5-3-4-6-18(16)24-2/h3-6,12-13,15H,7-11H2,1-2H3. The average Bonchev–Trinajstić information content (AvgIpc) is 2.62. The fourth-order valence-electron chi connectivity index (χ4n) is 3.23. The second kappa shape index (κ2) is 7.43. The third-order valence-electron chi connectivity index (χ3n) is 4.57. The molecule has 126 valence electrons. The van der Waals surface area contributed by atoms with Crippen LogP contribution in [0.4, 0.5) is 0 Å². The van der Waals surface area contributed by atoms with Crippen molar-refractivity contribution in [2.24, 2.45) is 0 Å². The summed E-state index contributed by atoms with van der Waals surface area (Å²) in [6.07, 6.45) is 5.89. The van der Waals surface area contributed by atoms with Crippen molar-refractivity contribution in [2.75, 3.05) is 20.2 Å².